The molecular weight excluding hydrogens is 192 g/mol. The van der Waals surface area contributed by atoms with Crippen molar-refractivity contribution < 1.29 is 9.53 Å². The van der Waals surface area contributed by atoms with Gasteiger partial charge in [-0.05, 0) is 18.6 Å². The first-order valence-electron chi connectivity index (χ1n) is 5.07. The van der Waals surface area contributed by atoms with Gasteiger partial charge < -0.3 is 9.64 Å². The Kier molecular flexibility index (Phi) is 2.97. The summed E-state index contributed by atoms with van der Waals surface area (Å²) in [7, 11) is 0. The summed E-state index contributed by atoms with van der Waals surface area (Å²) in [6, 6.07) is 3.67. The van der Waals surface area contributed by atoms with Crippen LogP contribution < -0.4 is 0 Å². The van der Waals surface area contributed by atoms with Crippen LogP contribution in [0.2, 0.25) is 0 Å². The second-order valence-electron chi connectivity index (χ2n) is 3.63. The van der Waals surface area contributed by atoms with Gasteiger partial charge in [0, 0.05) is 19.3 Å². The van der Waals surface area contributed by atoms with Gasteiger partial charge in [-0.2, -0.15) is 0 Å². The molecule has 0 saturated carbocycles. The third kappa shape index (κ3) is 2.33. The number of hydrogen-bond donors (Lipinski definition) is 0. The highest BCUT2D eigenvalue weighted by molar-refractivity contribution is 5.92. The summed E-state index contributed by atoms with van der Waals surface area (Å²) in [6.45, 7) is 4.52. The monoisotopic (exact) mass is 206 g/mol. The van der Waals surface area contributed by atoms with Crippen LogP contribution in [0.4, 0.5) is 0 Å². The van der Waals surface area contributed by atoms with Gasteiger partial charge in [0.2, 0.25) is 0 Å². The molecule has 2 rings (SSSR count). The van der Waals surface area contributed by atoms with E-state index in [2.05, 4.69) is 4.98 Å². The third-order valence-electron chi connectivity index (χ3n) is 2.43. The van der Waals surface area contributed by atoms with Crippen LogP contribution in [0.15, 0.2) is 18.3 Å². The lowest BCUT2D eigenvalue weighted by Crippen LogP contribution is -2.41. The van der Waals surface area contributed by atoms with E-state index >= 15 is 0 Å². The largest absolute Gasteiger partial charge is 0.378 e. The highest BCUT2D eigenvalue weighted by Gasteiger charge is 2.18. The number of rotatable bonds is 1. The molecule has 1 aromatic heterocycles. The molecule has 80 valence electrons. The Hall–Kier alpha value is -1.42. The van der Waals surface area contributed by atoms with Crippen molar-refractivity contribution in [2.24, 2.45) is 0 Å². The number of aryl methyl sites for hydroxylation is 1. The smallest absolute Gasteiger partial charge is 0.272 e. The van der Waals surface area contributed by atoms with Gasteiger partial charge >= 0.3 is 0 Å². The molecule has 4 nitrogen and oxygen atoms in total. The summed E-state index contributed by atoms with van der Waals surface area (Å²) in [6.07, 6.45) is 1.72. The molecule has 1 amide bonds. The lowest BCUT2D eigenvalue weighted by Gasteiger charge is -2.26. The van der Waals surface area contributed by atoms with Gasteiger partial charge in [0.25, 0.3) is 5.91 Å². The van der Waals surface area contributed by atoms with E-state index in [4.69, 9.17) is 4.74 Å². The number of amides is 1. The van der Waals surface area contributed by atoms with Crippen LogP contribution in [-0.4, -0.2) is 42.1 Å². The van der Waals surface area contributed by atoms with Gasteiger partial charge in [-0.15, -0.1) is 0 Å². The maximum Gasteiger partial charge on any atom is 0.272 e. The molecule has 0 N–H and O–H groups in total. The van der Waals surface area contributed by atoms with Gasteiger partial charge in [0.15, 0.2) is 0 Å². The van der Waals surface area contributed by atoms with Crippen LogP contribution >= 0.6 is 0 Å². The first-order chi connectivity index (χ1) is 7.27. The quantitative estimate of drug-likeness (QED) is 0.684. The molecule has 1 aliphatic heterocycles. The Balaban J connectivity index is 2.09. The molecule has 4 heteroatoms. The Morgan fingerprint density at radius 3 is 2.73 bits per heavy atom. The van der Waals surface area contributed by atoms with Crippen molar-refractivity contribution in [3.05, 3.63) is 29.6 Å². The molecule has 1 aromatic rings. The first kappa shape index (κ1) is 10.1. The van der Waals surface area contributed by atoms with E-state index in [0.717, 1.165) is 5.56 Å². The van der Waals surface area contributed by atoms with Crippen LogP contribution in [-0.2, 0) is 4.74 Å². The van der Waals surface area contributed by atoms with E-state index in [0.29, 0.717) is 32.0 Å². The second kappa shape index (κ2) is 4.40. The molecule has 0 bridgehead atoms. The van der Waals surface area contributed by atoms with Crippen molar-refractivity contribution in [1.29, 1.82) is 0 Å². The van der Waals surface area contributed by atoms with Crippen LogP contribution in [0.3, 0.4) is 0 Å². The van der Waals surface area contributed by atoms with E-state index in [-0.39, 0.29) is 5.91 Å². The van der Waals surface area contributed by atoms with Crippen molar-refractivity contribution in [2.75, 3.05) is 26.3 Å². The predicted molar refractivity (Wildman–Crippen MR) is 55.7 cm³/mol. The Morgan fingerprint density at radius 2 is 2.13 bits per heavy atom. The third-order valence-corrected chi connectivity index (χ3v) is 2.43. The summed E-state index contributed by atoms with van der Waals surface area (Å²) >= 11 is 0. The molecule has 0 radical (unpaired) electrons. The molecule has 0 spiro atoms. The SMILES string of the molecule is Cc1ccc(C(=O)N2CCOCC2)nc1. The lowest BCUT2D eigenvalue weighted by atomic mass is 10.2. The fourth-order valence-corrected chi connectivity index (χ4v) is 1.52. The van der Waals surface area contributed by atoms with E-state index in [1.807, 2.05) is 13.0 Å². The first-order valence-corrected chi connectivity index (χ1v) is 5.07. The van der Waals surface area contributed by atoms with Crippen molar-refractivity contribution in [3.8, 4) is 0 Å². The average Bonchev–Trinajstić information content (AvgIpc) is 2.30. The zero-order chi connectivity index (χ0) is 10.7. The Morgan fingerprint density at radius 1 is 1.40 bits per heavy atom. The highest BCUT2D eigenvalue weighted by Crippen LogP contribution is 2.05. The number of pyridine rings is 1. The Bertz CT molecular complexity index is 342. The molecule has 1 fully saturated rings. The standard InChI is InChI=1S/C11H14N2O2/c1-9-2-3-10(12-8-9)11(14)13-4-6-15-7-5-13/h2-3,8H,4-7H2,1H3. The minimum Gasteiger partial charge on any atom is -0.378 e. The minimum atomic E-state index is -0.00157. The van der Waals surface area contributed by atoms with Gasteiger partial charge in [-0.3, -0.25) is 9.78 Å². The average molecular weight is 206 g/mol. The summed E-state index contributed by atoms with van der Waals surface area (Å²) in [4.78, 5) is 17.8. The molecular formula is C11H14N2O2. The Labute approximate surface area is 88.9 Å². The fraction of sp³-hybridized carbons (Fsp3) is 0.455. The topological polar surface area (TPSA) is 42.4 Å². The van der Waals surface area contributed by atoms with Crippen LogP contribution in [0.1, 0.15) is 16.1 Å². The molecule has 0 unspecified atom stereocenters. The number of nitrogens with zero attached hydrogens (tertiary/aromatic N) is 2. The summed E-state index contributed by atoms with van der Waals surface area (Å²) in [5.74, 6) is -0.00157. The zero-order valence-electron chi connectivity index (χ0n) is 8.77. The number of morpholine rings is 1. The lowest BCUT2D eigenvalue weighted by molar-refractivity contribution is 0.0299. The maximum atomic E-state index is 11.9. The molecule has 2 heterocycles. The van der Waals surface area contributed by atoms with Gasteiger partial charge in [-0.1, -0.05) is 6.07 Å². The van der Waals surface area contributed by atoms with Crippen molar-refractivity contribution in [2.45, 2.75) is 6.92 Å². The summed E-state index contributed by atoms with van der Waals surface area (Å²) < 4.78 is 5.19. The fourth-order valence-electron chi connectivity index (χ4n) is 1.52. The van der Waals surface area contributed by atoms with Crippen LogP contribution in [0, 0.1) is 6.92 Å². The summed E-state index contributed by atoms with van der Waals surface area (Å²) in [5, 5.41) is 0. The van der Waals surface area contributed by atoms with Crippen molar-refractivity contribution in [1.82, 2.24) is 9.88 Å². The molecule has 0 aliphatic carbocycles. The van der Waals surface area contributed by atoms with Crippen LogP contribution in [0.5, 0.6) is 0 Å². The maximum absolute atomic E-state index is 11.9. The summed E-state index contributed by atoms with van der Waals surface area (Å²) in [5.41, 5.74) is 1.58. The van der Waals surface area contributed by atoms with Gasteiger partial charge in [0.05, 0.1) is 13.2 Å². The highest BCUT2D eigenvalue weighted by atomic mass is 16.5. The van der Waals surface area contributed by atoms with Crippen molar-refractivity contribution in [3.63, 3.8) is 0 Å². The number of ether oxygens (including phenoxy) is 1. The van der Waals surface area contributed by atoms with E-state index in [9.17, 15) is 4.79 Å². The van der Waals surface area contributed by atoms with Gasteiger partial charge in [0.1, 0.15) is 5.69 Å². The molecule has 15 heavy (non-hydrogen) atoms. The molecule has 0 aromatic carbocycles. The van der Waals surface area contributed by atoms with Crippen LogP contribution in [0.25, 0.3) is 0 Å². The number of aromatic nitrogens is 1. The number of carbonyl (C=O) groups excluding carboxylic acids is 1. The zero-order valence-corrected chi connectivity index (χ0v) is 8.77. The second-order valence-corrected chi connectivity index (χ2v) is 3.63. The van der Waals surface area contributed by atoms with E-state index in [1.165, 1.54) is 0 Å². The molecule has 1 aliphatic rings. The van der Waals surface area contributed by atoms with E-state index in [1.54, 1.807) is 17.2 Å². The van der Waals surface area contributed by atoms with Crippen molar-refractivity contribution >= 4 is 5.91 Å². The minimum absolute atomic E-state index is 0.00157. The van der Waals surface area contributed by atoms with Gasteiger partial charge in [-0.25, -0.2) is 0 Å². The normalized spacial score (nSPS) is 16.5. The van der Waals surface area contributed by atoms with E-state index < -0.39 is 0 Å². The number of carbonyl (C=O) groups is 1. The number of hydrogen-bond acceptors (Lipinski definition) is 3. The molecule has 1 saturated heterocycles. The predicted octanol–water partition coefficient (Wildman–Crippen LogP) is 0.862. The molecule has 0 atom stereocenters.